The molecule has 6 heteroatoms. The first-order valence-corrected chi connectivity index (χ1v) is 11.0. The third-order valence-corrected chi connectivity index (χ3v) is 5.73. The quantitative estimate of drug-likeness (QED) is 0.338. The summed E-state index contributed by atoms with van der Waals surface area (Å²) in [6.07, 6.45) is 6.36. The van der Waals surface area contributed by atoms with Crippen molar-refractivity contribution in [2.45, 2.75) is 46.0 Å². The molecule has 0 amide bonds. The number of hydrogen-bond acceptors (Lipinski definition) is 4. The van der Waals surface area contributed by atoms with E-state index in [2.05, 4.69) is 29.0 Å². The van der Waals surface area contributed by atoms with Crippen LogP contribution < -0.4 is 5.32 Å². The van der Waals surface area contributed by atoms with E-state index in [1.807, 2.05) is 0 Å². The number of hydrogen-bond donors (Lipinski definition) is 1. The number of rotatable bonds is 11. The molecule has 0 aromatic heterocycles. The van der Waals surface area contributed by atoms with Crippen LogP contribution in [-0.2, 0) is 9.47 Å². The molecule has 158 valence electrons. The molecule has 2 saturated heterocycles. The molecule has 0 radical (unpaired) electrons. The third-order valence-electron chi connectivity index (χ3n) is 5.73. The van der Waals surface area contributed by atoms with Gasteiger partial charge in [-0.3, -0.25) is 4.99 Å². The summed E-state index contributed by atoms with van der Waals surface area (Å²) in [5.74, 6) is 2.61. The van der Waals surface area contributed by atoms with E-state index in [0.29, 0.717) is 19.1 Å². The fraction of sp³-hybridized carbons (Fsp3) is 0.952. The first-order valence-electron chi connectivity index (χ1n) is 11.0. The summed E-state index contributed by atoms with van der Waals surface area (Å²) in [4.78, 5) is 9.92. The van der Waals surface area contributed by atoms with Crippen molar-refractivity contribution in [3.05, 3.63) is 0 Å². The maximum Gasteiger partial charge on any atom is 0.193 e. The first kappa shape index (κ1) is 22.4. The lowest BCUT2D eigenvalue weighted by Gasteiger charge is -2.30. The van der Waals surface area contributed by atoms with E-state index in [1.165, 1.54) is 51.7 Å². The van der Waals surface area contributed by atoms with Gasteiger partial charge in [-0.1, -0.05) is 6.92 Å². The number of methoxy groups -OCH3 is 1. The zero-order valence-corrected chi connectivity index (χ0v) is 17.9. The lowest BCUT2D eigenvalue weighted by Crippen LogP contribution is -2.40. The molecule has 6 nitrogen and oxygen atoms in total. The number of piperidine rings is 1. The Hall–Kier alpha value is -0.850. The van der Waals surface area contributed by atoms with Crippen molar-refractivity contribution in [1.29, 1.82) is 0 Å². The van der Waals surface area contributed by atoms with E-state index in [4.69, 9.17) is 14.5 Å². The number of likely N-dealkylation sites (tertiary alicyclic amines) is 2. The van der Waals surface area contributed by atoms with Crippen LogP contribution in [0.3, 0.4) is 0 Å². The normalized spacial score (nSPS) is 22.6. The Morgan fingerprint density at radius 2 is 1.93 bits per heavy atom. The Morgan fingerprint density at radius 1 is 1.11 bits per heavy atom. The molecule has 0 bridgehead atoms. The Kier molecular flexibility index (Phi) is 11.1. The van der Waals surface area contributed by atoms with Crippen molar-refractivity contribution in [2.75, 3.05) is 72.7 Å². The molecule has 0 spiro atoms. The van der Waals surface area contributed by atoms with Crippen molar-refractivity contribution < 1.29 is 9.47 Å². The van der Waals surface area contributed by atoms with E-state index < -0.39 is 0 Å². The van der Waals surface area contributed by atoms with Crippen molar-refractivity contribution >= 4 is 5.96 Å². The molecule has 1 atom stereocenters. The largest absolute Gasteiger partial charge is 0.382 e. The van der Waals surface area contributed by atoms with Crippen LogP contribution in [0.4, 0.5) is 0 Å². The van der Waals surface area contributed by atoms with Crippen LogP contribution >= 0.6 is 0 Å². The van der Waals surface area contributed by atoms with Gasteiger partial charge in [0.2, 0.25) is 0 Å². The van der Waals surface area contributed by atoms with Gasteiger partial charge in [0.25, 0.3) is 0 Å². The van der Waals surface area contributed by atoms with Crippen LogP contribution in [0.25, 0.3) is 0 Å². The Labute approximate surface area is 166 Å². The zero-order valence-electron chi connectivity index (χ0n) is 17.9. The molecule has 2 fully saturated rings. The van der Waals surface area contributed by atoms with Crippen LogP contribution in [0.1, 0.15) is 46.0 Å². The predicted octanol–water partition coefficient (Wildman–Crippen LogP) is 2.45. The summed E-state index contributed by atoms with van der Waals surface area (Å²) >= 11 is 0. The fourth-order valence-electron chi connectivity index (χ4n) is 3.90. The predicted molar refractivity (Wildman–Crippen MR) is 112 cm³/mol. The first-order chi connectivity index (χ1) is 13.2. The molecular formula is C21H42N4O2. The summed E-state index contributed by atoms with van der Waals surface area (Å²) in [5, 5.41) is 3.47. The zero-order chi connectivity index (χ0) is 19.3. The SMILES string of the molecule is CCNC(=NCCCCN1CCC(C)CC1)N1CCC(COCCOC)C1. The summed E-state index contributed by atoms with van der Waals surface area (Å²) in [7, 11) is 1.72. The smallest absolute Gasteiger partial charge is 0.193 e. The van der Waals surface area contributed by atoms with E-state index in [0.717, 1.165) is 44.7 Å². The van der Waals surface area contributed by atoms with Crippen molar-refractivity contribution in [1.82, 2.24) is 15.1 Å². The Morgan fingerprint density at radius 3 is 2.67 bits per heavy atom. The number of unbranched alkanes of at least 4 members (excludes halogenated alkanes) is 1. The highest BCUT2D eigenvalue weighted by molar-refractivity contribution is 5.80. The molecule has 1 unspecified atom stereocenters. The highest BCUT2D eigenvalue weighted by atomic mass is 16.5. The number of guanidine groups is 1. The maximum atomic E-state index is 5.71. The maximum absolute atomic E-state index is 5.71. The van der Waals surface area contributed by atoms with Gasteiger partial charge in [-0.15, -0.1) is 0 Å². The van der Waals surface area contributed by atoms with E-state index >= 15 is 0 Å². The van der Waals surface area contributed by atoms with Gasteiger partial charge >= 0.3 is 0 Å². The molecule has 0 aromatic carbocycles. The summed E-state index contributed by atoms with van der Waals surface area (Å²) < 4.78 is 10.7. The summed E-state index contributed by atoms with van der Waals surface area (Å²) in [6, 6.07) is 0. The molecule has 2 aliphatic heterocycles. The molecule has 1 N–H and O–H groups in total. The van der Waals surface area contributed by atoms with Crippen LogP contribution in [0.15, 0.2) is 4.99 Å². The number of nitrogens with one attached hydrogen (secondary N) is 1. The highest BCUT2D eigenvalue weighted by Crippen LogP contribution is 2.17. The van der Waals surface area contributed by atoms with Gasteiger partial charge in [0, 0.05) is 39.2 Å². The second-order valence-electron chi connectivity index (χ2n) is 8.14. The number of aliphatic imine (C=N–C) groups is 1. The van der Waals surface area contributed by atoms with Gasteiger partial charge in [-0.2, -0.15) is 0 Å². The second kappa shape index (κ2) is 13.3. The Bertz CT molecular complexity index is 411. The van der Waals surface area contributed by atoms with Crippen LogP contribution in [0.2, 0.25) is 0 Å². The summed E-state index contributed by atoms with van der Waals surface area (Å²) in [6.45, 7) is 14.5. The molecule has 0 aliphatic carbocycles. The minimum atomic E-state index is 0.604. The average Bonchev–Trinajstić information content (AvgIpc) is 3.14. The van der Waals surface area contributed by atoms with Gasteiger partial charge in [0.1, 0.15) is 0 Å². The standard InChI is InChI=1S/C21H42N4O2/c1-4-22-21(25-14-9-20(17-25)18-27-16-15-26-3)23-10-5-6-11-24-12-7-19(2)8-13-24/h19-20H,4-18H2,1-3H3,(H,22,23). The fourth-order valence-corrected chi connectivity index (χ4v) is 3.90. The van der Waals surface area contributed by atoms with Gasteiger partial charge in [-0.05, 0) is 64.6 Å². The average molecular weight is 383 g/mol. The van der Waals surface area contributed by atoms with Crippen LogP contribution in [-0.4, -0.2) is 88.5 Å². The topological polar surface area (TPSA) is 49.3 Å². The molecule has 2 heterocycles. The minimum Gasteiger partial charge on any atom is -0.382 e. The molecular weight excluding hydrogens is 340 g/mol. The second-order valence-corrected chi connectivity index (χ2v) is 8.14. The van der Waals surface area contributed by atoms with Gasteiger partial charge in [-0.25, -0.2) is 0 Å². The van der Waals surface area contributed by atoms with E-state index in [-0.39, 0.29) is 0 Å². The van der Waals surface area contributed by atoms with Crippen molar-refractivity contribution in [2.24, 2.45) is 16.8 Å². The van der Waals surface area contributed by atoms with Crippen molar-refractivity contribution in [3.8, 4) is 0 Å². The van der Waals surface area contributed by atoms with Crippen LogP contribution in [0.5, 0.6) is 0 Å². The van der Waals surface area contributed by atoms with E-state index in [1.54, 1.807) is 7.11 Å². The highest BCUT2D eigenvalue weighted by Gasteiger charge is 2.24. The van der Waals surface area contributed by atoms with Gasteiger partial charge in [0.15, 0.2) is 5.96 Å². The van der Waals surface area contributed by atoms with Crippen molar-refractivity contribution in [3.63, 3.8) is 0 Å². The molecule has 2 rings (SSSR count). The monoisotopic (exact) mass is 382 g/mol. The number of ether oxygens (including phenoxy) is 2. The van der Waals surface area contributed by atoms with Crippen LogP contribution in [0, 0.1) is 11.8 Å². The molecule has 0 saturated carbocycles. The third kappa shape index (κ3) is 8.79. The van der Waals surface area contributed by atoms with Gasteiger partial charge < -0.3 is 24.6 Å². The Balaban J connectivity index is 1.63. The minimum absolute atomic E-state index is 0.604. The molecule has 27 heavy (non-hydrogen) atoms. The summed E-state index contributed by atoms with van der Waals surface area (Å²) in [5.41, 5.74) is 0. The molecule has 2 aliphatic rings. The lowest BCUT2D eigenvalue weighted by molar-refractivity contribution is 0.0536. The van der Waals surface area contributed by atoms with E-state index in [9.17, 15) is 0 Å². The number of nitrogens with zero attached hydrogens (tertiary/aromatic N) is 3. The lowest BCUT2D eigenvalue weighted by atomic mass is 9.99. The van der Waals surface area contributed by atoms with Gasteiger partial charge in [0.05, 0.1) is 19.8 Å². The molecule has 0 aromatic rings.